The number of aromatic nitrogens is 3. The van der Waals surface area contributed by atoms with Crippen molar-refractivity contribution in [2.45, 2.75) is 38.5 Å². The number of amides is 1. The Kier molecular flexibility index (Phi) is 5.07. The van der Waals surface area contributed by atoms with Gasteiger partial charge in [0.1, 0.15) is 4.88 Å². The molecule has 0 radical (unpaired) electrons. The van der Waals surface area contributed by atoms with Gasteiger partial charge >= 0.3 is 17.4 Å². The molecule has 0 fully saturated rings. The van der Waals surface area contributed by atoms with Gasteiger partial charge in [0, 0.05) is 11.5 Å². The fraction of sp³-hybridized carbons (Fsp3) is 0.300. The monoisotopic (exact) mass is 413 g/mol. The summed E-state index contributed by atoms with van der Waals surface area (Å²) < 4.78 is 1.73. The number of nitrogens with one attached hydrogen (secondary N) is 1. The largest absolute Gasteiger partial charge is 0.325 e. The third-order valence-electron chi connectivity index (χ3n) is 4.75. The van der Waals surface area contributed by atoms with Gasteiger partial charge in [-0.1, -0.05) is 37.7 Å². The van der Waals surface area contributed by atoms with Crippen LogP contribution in [0.15, 0.2) is 45.7 Å². The molecule has 3 heterocycles. The SMILES string of the molecule is CCSc1n[n+]2c(c(=O)[nH]1)-c1ccccc1N(C(=O)CC)[C@@H]2c1sccc1C. The topological polar surface area (TPSA) is 69.9 Å². The number of thiophene rings is 1. The Balaban J connectivity index is 2.08. The Labute approximate surface area is 171 Å². The number of H-pyrrole nitrogens is 1. The second-order valence-electron chi connectivity index (χ2n) is 6.46. The van der Waals surface area contributed by atoms with E-state index in [2.05, 4.69) is 4.98 Å². The Morgan fingerprint density at radius 2 is 2.11 bits per heavy atom. The highest BCUT2D eigenvalue weighted by atomic mass is 32.2. The molecule has 8 heteroatoms. The normalized spacial score (nSPS) is 15.2. The minimum absolute atomic E-state index is 0.00447. The number of thioether (sulfide) groups is 1. The maximum Gasteiger partial charge on any atom is 0.325 e. The molecule has 1 amide bonds. The highest BCUT2D eigenvalue weighted by molar-refractivity contribution is 7.99. The highest BCUT2D eigenvalue weighted by Gasteiger charge is 2.46. The molecule has 4 rings (SSSR count). The van der Waals surface area contributed by atoms with Crippen molar-refractivity contribution in [3.63, 3.8) is 0 Å². The molecule has 3 aromatic rings. The number of nitrogens with zero attached hydrogens (tertiary/aromatic N) is 3. The van der Waals surface area contributed by atoms with Gasteiger partial charge < -0.3 is 0 Å². The summed E-state index contributed by atoms with van der Waals surface area (Å²) in [5.41, 5.74) is 2.83. The van der Waals surface area contributed by atoms with Gasteiger partial charge in [-0.3, -0.25) is 14.6 Å². The predicted octanol–water partition coefficient (Wildman–Crippen LogP) is 3.51. The van der Waals surface area contributed by atoms with Crippen molar-refractivity contribution in [3.05, 3.63) is 56.5 Å². The van der Waals surface area contributed by atoms with E-state index in [-0.39, 0.29) is 11.5 Å². The van der Waals surface area contributed by atoms with Gasteiger partial charge in [-0.15, -0.1) is 11.3 Å². The second kappa shape index (κ2) is 7.52. The molecule has 1 aromatic carbocycles. The van der Waals surface area contributed by atoms with Crippen LogP contribution >= 0.6 is 23.1 Å². The first-order valence-electron chi connectivity index (χ1n) is 9.21. The summed E-state index contributed by atoms with van der Waals surface area (Å²) in [5.74, 6) is 0.786. The van der Waals surface area contributed by atoms with E-state index in [1.54, 1.807) is 20.9 Å². The molecular weight excluding hydrogens is 392 g/mol. The Bertz CT molecular complexity index is 1110. The van der Waals surface area contributed by atoms with Crippen LogP contribution in [0.2, 0.25) is 0 Å². The molecule has 28 heavy (non-hydrogen) atoms. The molecule has 2 aromatic heterocycles. The summed E-state index contributed by atoms with van der Waals surface area (Å²) in [4.78, 5) is 31.8. The number of benzene rings is 1. The highest BCUT2D eigenvalue weighted by Crippen LogP contribution is 2.39. The molecule has 1 N–H and O–H groups in total. The molecular formula is C20H21N4O2S2+. The number of carbonyl (C=O) groups excluding carboxylic acids is 1. The number of carbonyl (C=O) groups is 1. The number of para-hydroxylation sites is 1. The average Bonchev–Trinajstić information content (AvgIpc) is 3.11. The number of rotatable bonds is 4. The molecule has 6 nitrogen and oxygen atoms in total. The van der Waals surface area contributed by atoms with Gasteiger partial charge in [0.2, 0.25) is 11.1 Å². The van der Waals surface area contributed by atoms with E-state index >= 15 is 0 Å². The maximum absolute atomic E-state index is 13.1. The average molecular weight is 414 g/mol. The zero-order valence-electron chi connectivity index (χ0n) is 15.9. The van der Waals surface area contributed by atoms with Crippen LogP contribution in [-0.4, -0.2) is 21.7 Å². The standard InChI is InChI=1S/C20H20N4O2S2/c1-4-15(25)23-14-9-7-6-8-13(14)16-18(26)21-20(27-5-2)22-24(16)19(23)17-12(3)10-11-28-17/h6-11,19H,4-5H2,1-3H3/p+1/t19-/m0/s1. The number of hydrogen-bond donors (Lipinski definition) is 1. The van der Waals surface area contributed by atoms with Crippen molar-refractivity contribution < 1.29 is 9.48 Å². The molecule has 0 saturated carbocycles. The lowest BCUT2D eigenvalue weighted by molar-refractivity contribution is -0.762. The van der Waals surface area contributed by atoms with Crippen LogP contribution in [0, 0.1) is 6.92 Å². The lowest BCUT2D eigenvalue weighted by Gasteiger charge is -2.31. The minimum atomic E-state index is -0.476. The smallest absolute Gasteiger partial charge is 0.291 e. The number of fused-ring (bicyclic) bond motifs is 3. The van der Waals surface area contributed by atoms with E-state index in [4.69, 9.17) is 5.10 Å². The van der Waals surface area contributed by atoms with Crippen molar-refractivity contribution in [1.29, 1.82) is 0 Å². The molecule has 1 aliphatic rings. The van der Waals surface area contributed by atoms with Crippen LogP contribution in [-0.2, 0) is 4.79 Å². The molecule has 0 spiro atoms. The van der Waals surface area contributed by atoms with Crippen LogP contribution < -0.4 is 15.1 Å². The lowest BCUT2D eigenvalue weighted by atomic mass is 10.0. The molecule has 0 saturated heterocycles. The van der Waals surface area contributed by atoms with Crippen LogP contribution in [0.25, 0.3) is 11.3 Å². The molecule has 1 atom stereocenters. The van der Waals surface area contributed by atoms with Gasteiger partial charge in [0.05, 0.1) is 11.3 Å². The number of anilines is 1. The number of aromatic amines is 1. The molecule has 0 bridgehead atoms. The number of hydrogen-bond acceptors (Lipinski definition) is 5. The fourth-order valence-electron chi connectivity index (χ4n) is 3.50. The summed E-state index contributed by atoms with van der Waals surface area (Å²) in [5, 5.41) is 7.31. The zero-order chi connectivity index (χ0) is 19.8. The van der Waals surface area contributed by atoms with Crippen molar-refractivity contribution in [2.75, 3.05) is 10.7 Å². The second-order valence-corrected chi connectivity index (χ2v) is 8.66. The van der Waals surface area contributed by atoms with E-state index in [1.165, 1.54) is 11.8 Å². The van der Waals surface area contributed by atoms with Crippen LogP contribution in [0.1, 0.15) is 36.9 Å². The third kappa shape index (κ3) is 2.97. The lowest BCUT2D eigenvalue weighted by Crippen LogP contribution is -2.60. The zero-order valence-corrected chi connectivity index (χ0v) is 17.6. The van der Waals surface area contributed by atoms with Crippen molar-refractivity contribution in [1.82, 2.24) is 10.1 Å². The van der Waals surface area contributed by atoms with E-state index in [1.807, 2.05) is 56.5 Å². The Morgan fingerprint density at radius 3 is 2.79 bits per heavy atom. The maximum atomic E-state index is 13.1. The molecule has 0 aliphatic carbocycles. The van der Waals surface area contributed by atoms with E-state index < -0.39 is 6.17 Å². The first-order valence-corrected chi connectivity index (χ1v) is 11.1. The summed E-state index contributed by atoms with van der Waals surface area (Å²) in [6.07, 6.45) is -0.110. The van der Waals surface area contributed by atoms with Crippen molar-refractivity contribution >= 4 is 34.7 Å². The predicted molar refractivity (Wildman–Crippen MR) is 112 cm³/mol. The van der Waals surface area contributed by atoms with E-state index in [0.717, 1.165) is 27.4 Å². The van der Waals surface area contributed by atoms with Crippen molar-refractivity contribution in [2.24, 2.45) is 0 Å². The summed E-state index contributed by atoms with van der Waals surface area (Å²) >= 11 is 3.05. The Hall–Kier alpha value is -2.45. The quantitative estimate of drug-likeness (QED) is 0.525. The summed E-state index contributed by atoms with van der Waals surface area (Å²) in [7, 11) is 0. The summed E-state index contributed by atoms with van der Waals surface area (Å²) in [6, 6.07) is 9.58. The van der Waals surface area contributed by atoms with Crippen LogP contribution in [0.5, 0.6) is 0 Å². The minimum Gasteiger partial charge on any atom is -0.291 e. The first kappa shape index (κ1) is 18.9. The Morgan fingerprint density at radius 1 is 1.32 bits per heavy atom. The van der Waals surface area contributed by atoms with E-state index in [0.29, 0.717) is 17.3 Å². The third-order valence-corrected chi connectivity index (χ3v) is 6.55. The van der Waals surface area contributed by atoms with Gasteiger partial charge in [-0.2, -0.15) is 0 Å². The fourth-order valence-corrected chi connectivity index (χ4v) is 5.08. The van der Waals surface area contributed by atoms with Gasteiger partial charge in [-0.25, -0.2) is 4.90 Å². The van der Waals surface area contributed by atoms with Gasteiger partial charge in [0.15, 0.2) is 0 Å². The van der Waals surface area contributed by atoms with Gasteiger partial charge in [-0.05, 0) is 46.5 Å². The molecule has 0 unspecified atom stereocenters. The first-order chi connectivity index (χ1) is 13.6. The number of aryl methyl sites for hydroxylation is 1. The summed E-state index contributed by atoms with van der Waals surface area (Å²) in [6.45, 7) is 5.89. The molecule has 144 valence electrons. The molecule has 1 aliphatic heterocycles. The van der Waals surface area contributed by atoms with Crippen LogP contribution in [0.4, 0.5) is 5.69 Å². The van der Waals surface area contributed by atoms with Crippen LogP contribution in [0.3, 0.4) is 0 Å². The van der Waals surface area contributed by atoms with Gasteiger partial charge in [0.25, 0.3) is 0 Å². The van der Waals surface area contributed by atoms with Crippen molar-refractivity contribution in [3.8, 4) is 11.3 Å². The van der Waals surface area contributed by atoms with E-state index in [9.17, 15) is 9.59 Å².